The predicted octanol–water partition coefficient (Wildman–Crippen LogP) is 2.89. The van der Waals surface area contributed by atoms with E-state index in [0.717, 1.165) is 13.2 Å². The van der Waals surface area contributed by atoms with E-state index in [0.29, 0.717) is 27.9 Å². The van der Waals surface area contributed by atoms with Crippen LogP contribution in [0.2, 0.25) is 0 Å². The van der Waals surface area contributed by atoms with Crippen LogP contribution in [0.1, 0.15) is 11.4 Å². The summed E-state index contributed by atoms with van der Waals surface area (Å²) < 4.78 is 43.9. The fourth-order valence-corrected chi connectivity index (χ4v) is 2.59. The number of methoxy groups -OCH3 is 1. The van der Waals surface area contributed by atoms with Crippen molar-refractivity contribution in [2.75, 3.05) is 7.11 Å². The van der Waals surface area contributed by atoms with Crippen molar-refractivity contribution in [3.05, 3.63) is 70.1 Å². The molecule has 0 aliphatic rings. The van der Waals surface area contributed by atoms with Crippen molar-refractivity contribution in [2.24, 2.45) is 0 Å². The van der Waals surface area contributed by atoms with E-state index in [1.165, 1.54) is 0 Å². The van der Waals surface area contributed by atoms with E-state index >= 15 is 0 Å². The second-order valence-electron chi connectivity index (χ2n) is 5.80. The lowest BCUT2D eigenvalue weighted by atomic mass is 10.2. The van der Waals surface area contributed by atoms with Gasteiger partial charge < -0.3 is 19.4 Å². The first kappa shape index (κ1) is 19.2. The lowest BCUT2D eigenvalue weighted by Crippen LogP contribution is -2.23. The topological polar surface area (TPSA) is 97.2 Å². The van der Waals surface area contributed by atoms with Gasteiger partial charge >= 0.3 is 12.1 Å². The summed E-state index contributed by atoms with van der Waals surface area (Å²) >= 11 is 0. The van der Waals surface area contributed by atoms with E-state index in [-0.39, 0.29) is 11.4 Å². The van der Waals surface area contributed by atoms with Crippen LogP contribution >= 0.6 is 0 Å². The predicted molar refractivity (Wildman–Crippen MR) is 93.4 cm³/mol. The van der Waals surface area contributed by atoms with Gasteiger partial charge in [-0.05, 0) is 18.2 Å². The molecule has 28 heavy (non-hydrogen) atoms. The van der Waals surface area contributed by atoms with E-state index in [2.05, 4.69) is 14.7 Å². The molecule has 0 radical (unpaired) electrons. The number of carbonyl (C=O) groups excluding carboxylic acids is 1. The summed E-state index contributed by atoms with van der Waals surface area (Å²) in [6.07, 6.45) is -4.11. The quantitative estimate of drug-likeness (QED) is 0.404. The summed E-state index contributed by atoms with van der Waals surface area (Å²) in [4.78, 5) is 31.1. The molecule has 0 aliphatic carbocycles. The molecule has 3 aromatic rings. The second-order valence-corrected chi connectivity index (χ2v) is 5.80. The molecule has 0 bridgehead atoms. The van der Waals surface area contributed by atoms with Crippen LogP contribution in [0.5, 0.6) is 0 Å². The SMILES string of the molecule is COC(=O)/C(=C(/O)Cn1cc(C(F)(F)F)ccc1=O)c1nc2ccccc2[nH]1. The smallest absolute Gasteiger partial charge is 0.417 e. The Morgan fingerprint density at radius 3 is 2.61 bits per heavy atom. The highest BCUT2D eigenvalue weighted by atomic mass is 19.4. The van der Waals surface area contributed by atoms with Crippen LogP contribution in [0.4, 0.5) is 13.2 Å². The third-order valence-corrected chi connectivity index (χ3v) is 3.94. The number of nitrogens with zero attached hydrogens (tertiary/aromatic N) is 2. The fraction of sp³-hybridized carbons (Fsp3) is 0.167. The maximum Gasteiger partial charge on any atom is 0.417 e. The number of aliphatic hydroxyl groups excluding tert-OH is 1. The molecule has 2 heterocycles. The Bertz CT molecular complexity index is 1100. The number of nitrogens with one attached hydrogen (secondary N) is 1. The number of esters is 1. The zero-order valence-corrected chi connectivity index (χ0v) is 14.4. The molecule has 10 heteroatoms. The molecule has 0 unspecified atom stereocenters. The van der Waals surface area contributed by atoms with Crippen LogP contribution in [0.15, 0.2) is 53.1 Å². The summed E-state index contributed by atoms with van der Waals surface area (Å²) in [6, 6.07) is 8.17. The molecule has 0 amide bonds. The van der Waals surface area contributed by atoms with Crippen LogP contribution < -0.4 is 5.56 Å². The molecule has 0 fully saturated rings. The standard InChI is InChI=1S/C18H14F3N3O4/c1-28-17(27)15(16-22-11-4-2-3-5-12(11)23-16)13(25)9-24-8-10(18(19,20)21)6-7-14(24)26/h2-8,25H,9H2,1H3,(H,22,23)/b15-13+. The zero-order valence-electron chi connectivity index (χ0n) is 14.4. The fourth-order valence-electron chi connectivity index (χ4n) is 2.59. The molecule has 7 nitrogen and oxygen atoms in total. The number of hydrogen-bond acceptors (Lipinski definition) is 5. The number of allylic oxidation sites excluding steroid dienone is 1. The van der Waals surface area contributed by atoms with E-state index in [1.807, 2.05) is 0 Å². The lowest BCUT2D eigenvalue weighted by Gasteiger charge is -2.12. The summed E-state index contributed by atoms with van der Waals surface area (Å²) in [5, 5.41) is 10.4. The third-order valence-electron chi connectivity index (χ3n) is 3.94. The van der Waals surface area contributed by atoms with Crippen molar-refractivity contribution in [2.45, 2.75) is 12.7 Å². The Kier molecular flexibility index (Phi) is 4.95. The van der Waals surface area contributed by atoms with E-state index in [1.54, 1.807) is 24.3 Å². The molecule has 0 spiro atoms. The largest absolute Gasteiger partial charge is 0.509 e. The normalized spacial score (nSPS) is 12.7. The lowest BCUT2D eigenvalue weighted by molar-refractivity contribution is -0.138. The van der Waals surface area contributed by atoms with Gasteiger partial charge in [0, 0.05) is 12.3 Å². The van der Waals surface area contributed by atoms with Crippen molar-refractivity contribution in [3.8, 4) is 0 Å². The Morgan fingerprint density at radius 2 is 1.96 bits per heavy atom. The minimum Gasteiger partial charge on any atom is -0.509 e. The van der Waals surface area contributed by atoms with Gasteiger partial charge in [0.15, 0.2) is 0 Å². The molecule has 2 aromatic heterocycles. The molecule has 3 rings (SSSR count). The number of aromatic amines is 1. The van der Waals surface area contributed by atoms with Crippen LogP contribution in [0.25, 0.3) is 16.6 Å². The molecule has 0 saturated heterocycles. The number of ether oxygens (including phenoxy) is 1. The summed E-state index contributed by atoms with van der Waals surface area (Å²) in [5.74, 6) is -1.67. The molecule has 2 N–H and O–H groups in total. The number of halogens is 3. The molecule has 0 atom stereocenters. The first-order valence-electron chi connectivity index (χ1n) is 7.94. The van der Waals surface area contributed by atoms with Gasteiger partial charge in [0.05, 0.1) is 30.3 Å². The zero-order chi connectivity index (χ0) is 20.5. The first-order valence-corrected chi connectivity index (χ1v) is 7.94. The van der Waals surface area contributed by atoms with Crippen LogP contribution in [0, 0.1) is 0 Å². The third kappa shape index (κ3) is 3.75. The molecule has 0 saturated carbocycles. The van der Waals surface area contributed by atoms with Gasteiger partial charge in [-0.2, -0.15) is 13.2 Å². The van der Waals surface area contributed by atoms with Crippen LogP contribution in [-0.2, 0) is 22.3 Å². The monoisotopic (exact) mass is 393 g/mol. The molecular weight excluding hydrogens is 379 g/mol. The highest BCUT2D eigenvalue weighted by Crippen LogP contribution is 2.28. The second kappa shape index (κ2) is 7.22. The number of imidazole rings is 1. The maximum absolute atomic E-state index is 12.9. The molecule has 0 aliphatic heterocycles. The van der Waals surface area contributed by atoms with Crippen LogP contribution in [-0.4, -0.2) is 32.7 Å². The van der Waals surface area contributed by atoms with E-state index in [4.69, 9.17) is 0 Å². The Hall–Kier alpha value is -3.56. The highest BCUT2D eigenvalue weighted by Gasteiger charge is 2.31. The average molecular weight is 393 g/mol. The van der Waals surface area contributed by atoms with E-state index < -0.39 is 35.6 Å². The number of alkyl halides is 3. The van der Waals surface area contributed by atoms with Gasteiger partial charge in [-0.15, -0.1) is 0 Å². The summed E-state index contributed by atoms with van der Waals surface area (Å²) in [5.41, 5.74) is -1.16. The maximum atomic E-state index is 12.9. The van der Waals surface area contributed by atoms with Gasteiger partial charge in [0.25, 0.3) is 5.56 Å². The Balaban J connectivity index is 2.09. The van der Waals surface area contributed by atoms with Crippen molar-refractivity contribution in [3.63, 3.8) is 0 Å². The van der Waals surface area contributed by atoms with Gasteiger partial charge in [0.2, 0.25) is 0 Å². The molecule has 146 valence electrons. The minimum absolute atomic E-state index is 0.0365. The summed E-state index contributed by atoms with van der Waals surface area (Å²) in [6.45, 7) is -0.676. The molecule has 1 aromatic carbocycles. The Labute approximate surface area is 155 Å². The van der Waals surface area contributed by atoms with Gasteiger partial charge in [-0.25, -0.2) is 9.78 Å². The highest BCUT2D eigenvalue weighted by molar-refractivity contribution is 6.16. The van der Waals surface area contributed by atoms with E-state index in [9.17, 15) is 27.9 Å². The van der Waals surface area contributed by atoms with Gasteiger partial charge in [0.1, 0.15) is 17.2 Å². The number of fused-ring (bicyclic) bond motifs is 1. The average Bonchev–Trinajstić information content (AvgIpc) is 3.05. The molecular formula is C18H14F3N3O4. The van der Waals surface area contributed by atoms with Crippen molar-refractivity contribution in [1.82, 2.24) is 14.5 Å². The summed E-state index contributed by atoms with van der Waals surface area (Å²) in [7, 11) is 1.08. The van der Waals surface area contributed by atoms with Crippen LogP contribution in [0.3, 0.4) is 0 Å². The number of pyridine rings is 1. The minimum atomic E-state index is -4.67. The number of rotatable bonds is 4. The first-order chi connectivity index (χ1) is 13.2. The Morgan fingerprint density at radius 1 is 1.25 bits per heavy atom. The number of H-pyrrole nitrogens is 1. The van der Waals surface area contributed by atoms with Gasteiger partial charge in [-0.1, -0.05) is 12.1 Å². The van der Waals surface area contributed by atoms with Crippen molar-refractivity contribution < 1.29 is 27.8 Å². The number of benzene rings is 1. The number of carbonyl (C=O) groups is 1. The number of aromatic nitrogens is 3. The van der Waals surface area contributed by atoms with Crippen molar-refractivity contribution in [1.29, 1.82) is 0 Å². The number of hydrogen-bond donors (Lipinski definition) is 2. The number of para-hydroxylation sites is 2. The van der Waals surface area contributed by atoms with Gasteiger partial charge in [-0.3, -0.25) is 4.79 Å². The van der Waals surface area contributed by atoms with Crippen molar-refractivity contribution >= 4 is 22.6 Å². The number of aliphatic hydroxyl groups is 1.